The fraction of sp³-hybridized carbons (Fsp3) is 0.421. The third-order valence-electron chi connectivity index (χ3n) is 5.03. The molecular formula is C19H23N5O. The molecule has 3 aromatic rings. The summed E-state index contributed by atoms with van der Waals surface area (Å²) in [7, 11) is 2.03. The molecule has 1 aliphatic heterocycles. The smallest absolute Gasteiger partial charge is 0.224 e. The first-order valence-electron chi connectivity index (χ1n) is 8.80. The molecule has 1 amide bonds. The van der Waals surface area contributed by atoms with Gasteiger partial charge < -0.3 is 9.47 Å². The van der Waals surface area contributed by atoms with E-state index < -0.39 is 0 Å². The second-order valence-corrected chi connectivity index (χ2v) is 6.85. The van der Waals surface area contributed by atoms with E-state index in [2.05, 4.69) is 14.6 Å². The fourth-order valence-electron chi connectivity index (χ4n) is 3.78. The lowest BCUT2D eigenvalue weighted by molar-refractivity contribution is -0.130. The Labute approximate surface area is 147 Å². The molecule has 1 saturated heterocycles. The number of rotatable bonds is 4. The van der Waals surface area contributed by atoms with Gasteiger partial charge in [-0.15, -0.1) is 0 Å². The molecule has 0 aliphatic carbocycles. The van der Waals surface area contributed by atoms with Gasteiger partial charge in [0, 0.05) is 44.1 Å². The first kappa shape index (κ1) is 15.9. The van der Waals surface area contributed by atoms with E-state index in [1.165, 1.54) is 0 Å². The third kappa shape index (κ3) is 3.04. The van der Waals surface area contributed by atoms with Crippen molar-refractivity contribution in [2.75, 3.05) is 13.1 Å². The number of aryl methyl sites for hydroxylation is 3. The van der Waals surface area contributed by atoms with Gasteiger partial charge in [-0.25, -0.2) is 4.98 Å². The molecular weight excluding hydrogens is 314 g/mol. The second kappa shape index (κ2) is 6.35. The summed E-state index contributed by atoms with van der Waals surface area (Å²) in [5.41, 5.74) is 2.12. The molecule has 0 N–H and O–H groups in total. The molecule has 6 heteroatoms. The molecule has 6 nitrogen and oxygen atoms in total. The van der Waals surface area contributed by atoms with Gasteiger partial charge in [0.25, 0.3) is 0 Å². The van der Waals surface area contributed by atoms with Crippen molar-refractivity contribution in [1.29, 1.82) is 0 Å². The standard InChI is InChI=1S/C19H23N5O/c1-14-12-22(2)19(21-14)16-7-9-23(13-16)18(25)8-10-24-17-6-4-3-5-15(17)11-20-24/h3-6,11-12,16H,7-10,13H2,1-2H3/t16-/m0/s1. The third-order valence-corrected chi connectivity index (χ3v) is 5.03. The molecule has 0 saturated carbocycles. The van der Waals surface area contributed by atoms with Crippen LogP contribution in [0.4, 0.5) is 0 Å². The number of benzene rings is 1. The molecule has 1 atom stereocenters. The van der Waals surface area contributed by atoms with E-state index in [9.17, 15) is 4.79 Å². The molecule has 0 bridgehead atoms. The second-order valence-electron chi connectivity index (χ2n) is 6.85. The zero-order valence-corrected chi connectivity index (χ0v) is 14.7. The number of likely N-dealkylation sites (tertiary alicyclic amines) is 1. The zero-order valence-electron chi connectivity index (χ0n) is 14.7. The van der Waals surface area contributed by atoms with Crippen LogP contribution in [-0.2, 0) is 18.4 Å². The van der Waals surface area contributed by atoms with Crippen LogP contribution < -0.4 is 0 Å². The van der Waals surface area contributed by atoms with E-state index >= 15 is 0 Å². The first-order valence-corrected chi connectivity index (χ1v) is 8.80. The highest BCUT2D eigenvalue weighted by molar-refractivity contribution is 5.79. The van der Waals surface area contributed by atoms with E-state index in [1.807, 2.05) is 60.2 Å². The maximum atomic E-state index is 12.6. The molecule has 3 heterocycles. The maximum absolute atomic E-state index is 12.6. The van der Waals surface area contributed by atoms with E-state index in [0.717, 1.165) is 41.9 Å². The molecule has 25 heavy (non-hydrogen) atoms. The molecule has 1 fully saturated rings. The van der Waals surface area contributed by atoms with Crippen LogP contribution in [0.5, 0.6) is 0 Å². The van der Waals surface area contributed by atoms with Gasteiger partial charge in [0.1, 0.15) is 5.82 Å². The van der Waals surface area contributed by atoms with Crippen LogP contribution in [0.3, 0.4) is 0 Å². The summed E-state index contributed by atoms with van der Waals surface area (Å²) in [5.74, 6) is 1.63. The maximum Gasteiger partial charge on any atom is 0.224 e. The molecule has 4 rings (SSSR count). The van der Waals surface area contributed by atoms with Crippen molar-refractivity contribution in [3.05, 3.63) is 48.2 Å². The van der Waals surface area contributed by atoms with E-state index in [-0.39, 0.29) is 5.91 Å². The van der Waals surface area contributed by atoms with Gasteiger partial charge in [0.05, 0.1) is 24.0 Å². The van der Waals surface area contributed by atoms with Gasteiger partial charge in [0.2, 0.25) is 5.91 Å². The molecule has 0 radical (unpaired) electrons. The highest BCUT2D eigenvalue weighted by Crippen LogP contribution is 2.26. The highest BCUT2D eigenvalue weighted by Gasteiger charge is 2.29. The van der Waals surface area contributed by atoms with Crippen molar-refractivity contribution in [1.82, 2.24) is 24.2 Å². The number of fused-ring (bicyclic) bond motifs is 1. The van der Waals surface area contributed by atoms with Gasteiger partial charge in [-0.05, 0) is 19.4 Å². The number of carbonyl (C=O) groups is 1. The predicted molar refractivity (Wildman–Crippen MR) is 96.2 cm³/mol. The summed E-state index contributed by atoms with van der Waals surface area (Å²) < 4.78 is 4.01. The number of imidazole rings is 1. The van der Waals surface area contributed by atoms with E-state index in [1.54, 1.807) is 0 Å². The predicted octanol–water partition coefficient (Wildman–Crippen LogP) is 2.48. The van der Waals surface area contributed by atoms with Crippen molar-refractivity contribution >= 4 is 16.8 Å². The summed E-state index contributed by atoms with van der Waals surface area (Å²) in [6.07, 6.45) is 5.37. The SMILES string of the molecule is Cc1cn(C)c([C@H]2CCN(C(=O)CCn3ncc4ccccc43)C2)n1. The Bertz CT molecular complexity index is 910. The Balaban J connectivity index is 1.38. The Hall–Kier alpha value is -2.63. The number of amides is 1. The fourth-order valence-corrected chi connectivity index (χ4v) is 3.78. The Morgan fingerprint density at radius 2 is 2.16 bits per heavy atom. The summed E-state index contributed by atoms with van der Waals surface area (Å²) in [5, 5.41) is 5.52. The first-order chi connectivity index (χ1) is 12.1. The van der Waals surface area contributed by atoms with Crippen LogP contribution in [0, 0.1) is 6.92 Å². The van der Waals surface area contributed by atoms with Gasteiger partial charge in [-0.1, -0.05) is 18.2 Å². The molecule has 1 aliphatic rings. The number of hydrogen-bond acceptors (Lipinski definition) is 3. The summed E-state index contributed by atoms with van der Waals surface area (Å²) in [6, 6.07) is 8.09. The van der Waals surface area contributed by atoms with Crippen LogP contribution >= 0.6 is 0 Å². The number of aromatic nitrogens is 4. The van der Waals surface area contributed by atoms with Crippen molar-refractivity contribution in [3.8, 4) is 0 Å². The molecule has 1 aromatic carbocycles. The minimum atomic E-state index is 0.202. The zero-order chi connectivity index (χ0) is 17.4. The van der Waals surface area contributed by atoms with Crippen LogP contribution in [0.15, 0.2) is 36.7 Å². The number of carbonyl (C=O) groups excluding carboxylic acids is 1. The molecule has 0 unspecified atom stereocenters. The minimum Gasteiger partial charge on any atom is -0.342 e. The monoisotopic (exact) mass is 337 g/mol. The largest absolute Gasteiger partial charge is 0.342 e. The van der Waals surface area contributed by atoms with Crippen LogP contribution in [0.25, 0.3) is 10.9 Å². The number of para-hydroxylation sites is 1. The average Bonchev–Trinajstić information content (AvgIpc) is 3.31. The average molecular weight is 337 g/mol. The quantitative estimate of drug-likeness (QED) is 0.735. The van der Waals surface area contributed by atoms with E-state index in [4.69, 9.17) is 0 Å². The Morgan fingerprint density at radius 3 is 2.96 bits per heavy atom. The lowest BCUT2D eigenvalue weighted by Gasteiger charge is -2.16. The lowest BCUT2D eigenvalue weighted by Crippen LogP contribution is -2.29. The molecule has 130 valence electrons. The lowest BCUT2D eigenvalue weighted by atomic mass is 10.1. The van der Waals surface area contributed by atoms with Gasteiger partial charge in [-0.3, -0.25) is 9.48 Å². The van der Waals surface area contributed by atoms with Crippen LogP contribution in [-0.4, -0.2) is 43.2 Å². The number of hydrogen-bond donors (Lipinski definition) is 0. The summed E-state index contributed by atoms with van der Waals surface area (Å²) in [4.78, 5) is 19.2. The Kier molecular flexibility index (Phi) is 4.03. The van der Waals surface area contributed by atoms with E-state index in [0.29, 0.717) is 18.9 Å². The highest BCUT2D eigenvalue weighted by atomic mass is 16.2. The van der Waals surface area contributed by atoms with Crippen LogP contribution in [0.2, 0.25) is 0 Å². The van der Waals surface area contributed by atoms with Crippen molar-refractivity contribution < 1.29 is 4.79 Å². The van der Waals surface area contributed by atoms with Crippen LogP contribution in [0.1, 0.15) is 30.3 Å². The Morgan fingerprint density at radius 1 is 1.32 bits per heavy atom. The summed E-state index contributed by atoms with van der Waals surface area (Å²) >= 11 is 0. The topological polar surface area (TPSA) is 56.0 Å². The van der Waals surface area contributed by atoms with Gasteiger partial charge in [-0.2, -0.15) is 5.10 Å². The van der Waals surface area contributed by atoms with Gasteiger partial charge in [0.15, 0.2) is 0 Å². The number of nitrogens with zero attached hydrogens (tertiary/aromatic N) is 5. The summed E-state index contributed by atoms with van der Waals surface area (Å²) in [6.45, 7) is 4.21. The minimum absolute atomic E-state index is 0.202. The van der Waals surface area contributed by atoms with Crippen molar-refractivity contribution in [2.45, 2.75) is 32.2 Å². The molecule has 0 spiro atoms. The molecule has 2 aromatic heterocycles. The van der Waals surface area contributed by atoms with Crippen molar-refractivity contribution in [3.63, 3.8) is 0 Å². The van der Waals surface area contributed by atoms with Crippen molar-refractivity contribution in [2.24, 2.45) is 7.05 Å². The normalized spacial score (nSPS) is 17.5. The van der Waals surface area contributed by atoms with Gasteiger partial charge >= 0.3 is 0 Å².